The van der Waals surface area contributed by atoms with Crippen LogP contribution >= 0.6 is 0 Å². The van der Waals surface area contributed by atoms with Crippen LogP contribution in [0.5, 0.6) is 11.5 Å². The van der Waals surface area contributed by atoms with E-state index in [1.165, 1.54) is 6.07 Å². The number of ether oxygens (including phenoxy) is 1. The van der Waals surface area contributed by atoms with Gasteiger partial charge in [-0.05, 0) is 23.3 Å². The van der Waals surface area contributed by atoms with Gasteiger partial charge >= 0.3 is 5.97 Å². The van der Waals surface area contributed by atoms with E-state index in [1.54, 1.807) is 18.2 Å². The molecule has 0 amide bonds. The number of carbonyl (C=O) groups excluding carboxylic acids is 1. The second-order valence-electron chi connectivity index (χ2n) is 5.14. The number of para-hydroxylation sites is 2. The number of hydrogen-bond donors (Lipinski definition) is 1. The van der Waals surface area contributed by atoms with Gasteiger partial charge in [0.1, 0.15) is 5.92 Å². The Labute approximate surface area is 134 Å². The van der Waals surface area contributed by atoms with Crippen LogP contribution in [0.1, 0.15) is 17.0 Å². The van der Waals surface area contributed by atoms with Crippen molar-refractivity contribution in [2.45, 2.75) is 5.92 Å². The van der Waals surface area contributed by atoms with Gasteiger partial charge in [-0.1, -0.05) is 72.8 Å². The molecule has 3 aromatic carbocycles. The fourth-order valence-electron chi connectivity index (χ4n) is 2.47. The van der Waals surface area contributed by atoms with Crippen molar-refractivity contribution in [3.63, 3.8) is 0 Å². The number of phenols is 1. The molecule has 0 radical (unpaired) electrons. The van der Waals surface area contributed by atoms with Gasteiger partial charge in [0, 0.05) is 0 Å². The summed E-state index contributed by atoms with van der Waals surface area (Å²) in [6.07, 6.45) is 0. The lowest BCUT2D eigenvalue weighted by atomic mass is 9.91. The SMILES string of the molecule is O=C(Oc1ccccc1O)C(c1ccccc1)c1ccccc1. The van der Waals surface area contributed by atoms with Gasteiger partial charge in [0.25, 0.3) is 0 Å². The molecule has 1 N–H and O–H groups in total. The van der Waals surface area contributed by atoms with E-state index in [2.05, 4.69) is 0 Å². The largest absolute Gasteiger partial charge is 0.504 e. The summed E-state index contributed by atoms with van der Waals surface area (Å²) in [6, 6.07) is 25.4. The lowest BCUT2D eigenvalue weighted by Gasteiger charge is -2.17. The number of rotatable bonds is 4. The number of hydrogen-bond acceptors (Lipinski definition) is 3. The van der Waals surface area contributed by atoms with E-state index in [0.29, 0.717) is 0 Å². The van der Waals surface area contributed by atoms with E-state index < -0.39 is 11.9 Å². The normalized spacial score (nSPS) is 10.5. The molecule has 0 saturated heterocycles. The Kier molecular flexibility index (Phi) is 4.39. The van der Waals surface area contributed by atoms with Crippen molar-refractivity contribution in [2.75, 3.05) is 0 Å². The number of benzene rings is 3. The molecule has 3 heteroatoms. The predicted molar refractivity (Wildman–Crippen MR) is 88.5 cm³/mol. The minimum absolute atomic E-state index is 0.0549. The molecule has 0 aliphatic rings. The first-order valence-corrected chi connectivity index (χ1v) is 7.35. The third-order valence-electron chi connectivity index (χ3n) is 3.58. The Morgan fingerprint density at radius 2 is 1.22 bits per heavy atom. The second kappa shape index (κ2) is 6.79. The fourth-order valence-corrected chi connectivity index (χ4v) is 2.47. The highest BCUT2D eigenvalue weighted by Crippen LogP contribution is 2.30. The quantitative estimate of drug-likeness (QED) is 0.582. The van der Waals surface area contributed by atoms with Crippen molar-refractivity contribution in [3.8, 4) is 11.5 Å². The predicted octanol–water partition coefficient (Wildman–Crippen LogP) is 4.13. The van der Waals surface area contributed by atoms with E-state index in [-0.39, 0.29) is 11.5 Å². The maximum atomic E-state index is 12.7. The average molecular weight is 304 g/mol. The van der Waals surface area contributed by atoms with Crippen LogP contribution in [0, 0.1) is 0 Å². The van der Waals surface area contributed by atoms with Gasteiger partial charge in [0.05, 0.1) is 0 Å². The molecule has 0 unspecified atom stereocenters. The molecule has 0 atom stereocenters. The summed E-state index contributed by atoms with van der Waals surface area (Å²) in [6.45, 7) is 0. The topological polar surface area (TPSA) is 46.5 Å². The molecule has 0 aromatic heterocycles. The Bertz CT molecular complexity index is 743. The Balaban J connectivity index is 1.96. The Hall–Kier alpha value is -3.07. The molecular weight excluding hydrogens is 288 g/mol. The summed E-state index contributed by atoms with van der Waals surface area (Å²) in [5, 5.41) is 9.81. The van der Waals surface area contributed by atoms with Crippen LogP contribution in [0.4, 0.5) is 0 Å². The van der Waals surface area contributed by atoms with Crippen LogP contribution in [0.25, 0.3) is 0 Å². The van der Waals surface area contributed by atoms with Gasteiger partial charge < -0.3 is 9.84 Å². The smallest absolute Gasteiger partial charge is 0.323 e. The first kappa shape index (κ1) is 14.9. The molecule has 3 rings (SSSR count). The molecule has 23 heavy (non-hydrogen) atoms. The van der Waals surface area contributed by atoms with E-state index in [9.17, 15) is 9.90 Å². The zero-order valence-corrected chi connectivity index (χ0v) is 12.4. The Morgan fingerprint density at radius 1 is 0.739 bits per heavy atom. The number of esters is 1. The van der Waals surface area contributed by atoms with Crippen molar-refractivity contribution >= 4 is 5.97 Å². The maximum Gasteiger partial charge on any atom is 0.323 e. The van der Waals surface area contributed by atoms with Crippen LogP contribution in [-0.4, -0.2) is 11.1 Å². The standard InChI is InChI=1S/C20H16O3/c21-17-13-7-8-14-18(17)23-20(22)19(15-9-3-1-4-10-15)16-11-5-2-6-12-16/h1-14,19,21H. The van der Waals surface area contributed by atoms with Crippen LogP contribution < -0.4 is 4.74 Å². The molecule has 0 aliphatic heterocycles. The molecular formula is C20H16O3. The summed E-state index contributed by atoms with van der Waals surface area (Å²) in [7, 11) is 0. The molecule has 0 saturated carbocycles. The average Bonchev–Trinajstić information content (AvgIpc) is 2.59. The summed E-state index contributed by atoms with van der Waals surface area (Å²) >= 11 is 0. The van der Waals surface area contributed by atoms with Gasteiger partial charge in [-0.3, -0.25) is 4.79 Å². The third kappa shape index (κ3) is 3.40. The van der Waals surface area contributed by atoms with E-state index in [0.717, 1.165) is 11.1 Å². The van der Waals surface area contributed by atoms with Crippen molar-refractivity contribution in [1.82, 2.24) is 0 Å². The zero-order chi connectivity index (χ0) is 16.1. The molecule has 0 aliphatic carbocycles. The molecule has 114 valence electrons. The van der Waals surface area contributed by atoms with Crippen LogP contribution in [0.15, 0.2) is 84.9 Å². The minimum Gasteiger partial charge on any atom is -0.504 e. The Morgan fingerprint density at radius 3 is 1.74 bits per heavy atom. The van der Waals surface area contributed by atoms with Crippen molar-refractivity contribution < 1.29 is 14.6 Å². The highest BCUT2D eigenvalue weighted by Gasteiger charge is 2.25. The molecule has 0 spiro atoms. The van der Waals surface area contributed by atoms with Gasteiger partial charge in [0.15, 0.2) is 11.5 Å². The van der Waals surface area contributed by atoms with Crippen LogP contribution in [0.2, 0.25) is 0 Å². The van der Waals surface area contributed by atoms with Gasteiger partial charge in [-0.25, -0.2) is 0 Å². The summed E-state index contributed by atoms with van der Waals surface area (Å²) < 4.78 is 5.43. The molecule has 0 heterocycles. The lowest BCUT2D eigenvalue weighted by molar-refractivity contribution is -0.135. The summed E-state index contributed by atoms with van der Waals surface area (Å²) in [5.41, 5.74) is 1.69. The highest BCUT2D eigenvalue weighted by molar-refractivity contribution is 5.84. The second-order valence-corrected chi connectivity index (χ2v) is 5.14. The van der Waals surface area contributed by atoms with Gasteiger partial charge in [0.2, 0.25) is 0 Å². The maximum absolute atomic E-state index is 12.7. The number of phenolic OH excluding ortho intramolecular Hbond substituents is 1. The highest BCUT2D eigenvalue weighted by atomic mass is 16.5. The molecule has 3 aromatic rings. The lowest BCUT2D eigenvalue weighted by Crippen LogP contribution is -2.20. The number of carbonyl (C=O) groups is 1. The van der Waals surface area contributed by atoms with Crippen molar-refractivity contribution in [1.29, 1.82) is 0 Å². The zero-order valence-electron chi connectivity index (χ0n) is 12.4. The summed E-state index contributed by atoms with van der Waals surface area (Å²) in [5.74, 6) is -0.865. The third-order valence-corrected chi connectivity index (χ3v) is 3.58. The van der Waals surface area contributed by atoms with E-state index >= 15 is 0 Å². The van der Waals surface area contributed by atoms with Crippen LogP contribution in [0.3, 0.4) is 0 Å². The molecule has 3 nitrogen and oxygen atoms in total. The minimum atomic E-state index is -0.544. The molecule has 0 fully saturated rings. The van der Waals surface area contributed by atoms with E-state index in [4.69, 9.17) is 4.74 Å². The van der Waals surface area contributed by atoms with Gasteiger partial charge in [-0.15, -0.1) is 0 Å². The fraction of sp³-hybridized carbons (Fsp3) is 0.0500. The monoisotopic (exact) mass is 304 g/mol. The van der Waals surface area contributed by atoms with Crippen molar-refractivity contribution in [2.24, 2.45) is 0 Å². The first-order valence-electron chi connectivity index (χ1n) is 7.35. The first-order chi connectivity index (χ1) is 11.3. The van der Waals surface area contributed by atoms with E-state index in [1.807, 2.05) is 60.7 Å². The van der Waals surface area contributed by atoms with Crippen LogP contribution in [-0.2, 0) is 4.79 Å². The molecule has 0 bridgehead atoms. The van der Waals surface area contributed by atoms with Gasteiger partial charge in [-0.2, -0.15) is 0 Å². The summed E-state index contributed by atoms with van der Waals surface area (Å²) in [4.78, 5) is 12.7. The van der Waals surface area contributed by atoms with Crippen molar-refractivity contribution in [3.05, 3.63) is 96.1 Å². The number of aromatic hydroxyl groups is 1.